The van der Waals surface area contributed by atoms with Gasteiger partial charge in [-0.3, -0.25) is 0 Å². The average molecular weight is 213 g/mol. The standard InChI is InChI=1S/C10H9ClO3/c11-8-4-1-6(10(12)13)5-9(8)14-7-2-3-7/h1,4-5,7H,2-3H2,(H,12,13). The molecule has 1 saturated carbocycles. The van der Waals surface area contributed by atoms with Crippen molar-refractivity contribution in [2.75, 3.05) is 0 Å². The largest absolute Gasteiger partial charge is 0.489 e. The van der Waals surface area contributed by atoms with Crippen molar-refractivity contribution in [1.82, 2.24) is 0 Å². The van der Waals surface area contributed by atoms with Gasteiger partial charge in [0.2, 0.25) is 0 Å². The molecule has 1 aliphatic carbocycles. The van der Waals surface area contributed by atoms with E-state index in [0.29, 0.717) is 10.8 Å². The van der Waals surface area contributed by atoms with Crippen LogP contribution in [0, 0.1) is 0 Å². The average Bonchev–Trinajstić information content (AvgIpc) is 2.92. The maximum Gasteiger partial charge on any atom is 0.335 e. The minimum atomic E-state index is -0.970. The molecule has 1 aliphatic rings. The second kappa shape index (κ2) is 3.50. The number of halogens is 1. The zero-order valence-electron chi connectivity index (χ0n) is 7.37. The number of ether oxygens (including phenoxy) is 1. The molecule has 2 rings (SSSR count). The second-order valence-electron chi connectivity index (χ2n) is 3.27. The summed E-state index contributed by atoms with van der Waals surface area (Å²) >= 11 is 5.85. The molecule has 0 aromatic heterocycles. The lowest BCUT2D eigenvalue weighted by Gasteiger charge is -2.06. The van der Waals surface area contributed by atoms with Gasteiger partial charge >= 0.3 is 5.97 Å². The van der Waals surface area contributed by atoms with Gasteiger partial charge in [0.25, 0.3) is 0 Å². The van der Waals surface area contributed by atoms with Crippen LogP contribution in [-0.4, -0.2) is 17.2 Å². The Labute approximate surface area is 86.3 Å². The first-order valence-electron chi connectivity index (χ1n) is 4.36. The van der Waals surface area contributed by atoms with Crippen LogP contribution in [0.2, 0.25) is 5.02 Å². The summed E-state index contributed by atoms with van der Waals surface area (Å²) in [4.78, 5) is 10.7. The van der Waals surface area contributed by atoms with Crippen LogP contribution < -0.4 is 4.74 Å². The van der Waals surface area contributed by atoms with Crippen molar-refractivity contribution < 1.29 is 14.6 Å². The van der Waals surface area contributed by atoms with Gasteiger partial charge in [0.15, 0.2) is 0 Å². The van der Waals surface area contributed by atoms with Crippen LogP contribution in [-0.2, 0) is 0 Å². The molecular formula is C10H9ClO3. The summed E-state index contributed by atoms with van der Waals surface area (Å²) in [7, 11) is 0. The number of carbonyl (C=O) groups is 1. The predicted octanol–water partition coefficient (Wildman–Crippen LogP) is 2.58. The smallest absolute Gasteiger partial charge is 0.335 e. The van der Waals surface area contributed by atoms with Gasteiger partial charge in [0.1, 0.15) is 5.75 Å². The lowest BCUT2D eigenvalue weighted by Crippen LogP contribution is -2.00. The summed E-state index contributed by atoms with van der Waals surface area (Å²) in [6.07, 6.45) is 2.26. The maximum absolute atomic E-state index is 10.7. The van der Waals surface area contributed by atoms with E-state index >= 15 is 0 Å². The molecule has 0 amide bonds. The van der Waals surface area contributed by atoms with Crippen molar-refractivity contribution in [1.29, 1.82) is 0 Å². The fraction of sp³-hybridized carbons (Fsp3) is 0.300. The summed E-state index contributed by atoms with van der Waals surface area (Å²) in [6, 6.07) is 4.47. The molecule has 0 unspecified atom stereocenters. The Bertz CT molecular complexity index is 372. The number of carboxylic acid groups (broad SMARTS) is 1. The first kappa shape index (κ1) is 9.34. The van der Waals surface area contributed by atoms with Crippen LogP contribution in [0.25, 0.3) is 0 Å². The Morgan fingerprint density at radius 2 is 2.21 bits per heavy atom. The van der Waals surface area contributed by atoms with Gasteiger partial charge in [-0.1, -0.05) is 11.6 Å². The molecular weight excluding hydrogens is 204 g/mol. The monoisotopic (exact) mass is 212 g/mol. The quantitative estimate of drug-likeness (QED) is 0.838. The van der Waals surface area contributed by atoms with Gasteiger partial charge < -0.3 is 9.84 Å². The van der Waals surface area contributed by atoms with E-state index in [1.807, 2.05) is 0 Å². The first-order chi connectivity index (χ1) is 6.66. The van der Waals surface area contributed by atoms with Crippen molar-refractivity contribution >= 4 is 17.6 Å². The first-order valence-corrected chi connectivity index (χ1v) is 4.74. The van der Waals surface area contributed by atoms with E-state index in [2.05, 4.69) is 0 Å². The second-order valence-corrected chi connectivity index (χ2v) is 3.67. The van der Waals surface area contributed by atoms with Gasteiger partial charge in [-0.2, -0.15) is 0 Å². The molecule has 0 aliphatic heterocycles. The summed E-state index contributed by atoms with van der Waals surface area (Å²) in [5.74, 6) is -0.503. The van der Waals surface area contributed by atoms with E-state index < -0.39 is 5.97 Å². The highest BCUT2D eigenvalue weighted by atomic mass is 35.5. The van der Waals surface area contributed by atoms with E-state index in [-0.39, 0.29) is 11.7 Å². The Morgan fingerprint density at radius 1 is 1.50 bits per heavy atom. The van der Waals surface area contributed by atoms with Gasteiger partial charge in [-0.15, -0.1) is 0 Å². The minimum absolute atomic E-state index is 0.199. The number of hydrogen-bond donors (Lipinski definition) is 1. The molecule has 1 N–H and O–H groups in total. The van der Waals surface area contributed by atoms with Crippen molar-refractivity contribution in [2.24, 2.45) is 0 Å². The molecule has 1 aromatic carbocycles. The third-order valence-electron chi connectivity index (χ3n) is 2.00. The fourth-order valence-electron chi connectivity index (χ4n) is 1.09. The molecule has 4 heteroatoms. The molecule has 1 fully saturated rings. The molecule has 0 bridgehead atoms. The van der Waals surface area contributed by atoms with Crippen LogP contribution in [0.1, 0.15) is 23.2 Å². The summed E-state index contributed by atoms with van der Waals surface area (Å²) < 4.78 is 5.45. The van der Waals surface area contributed by atoms with E-state index in [9.17, 15) is 4.79 Å². The van der Waals surface area contributed by atoms with Crippen molar-refractivity contribution in [3.8, 4) is 5.75 Å². The molecule has 0 radical (unpaired) electrons. The molecule has 0 saturated heterocycles. The van der Waals surface area contributed by atoms with E-state index in [1.54, 1.807) is 6.07 Å². The molecule has 0 spiro atoms. The van der Waals surface area contributed by atoms with Gasteiger partial charge in [-0.05, 0) is 31.0 Å². The highest BCUT2D eigenvalue weighted by Crippen LogP contribution is 2.32. The van der Waals surface area contributed by atoms with Gasteiger partial charge in [-0.25, -0.2) is 4.79 Å². The summed E-state index contributed by atoms with van der Waals surface area (Å²) in [6.45, 7) is 0. The third-order valence-corrected chi connectivity index (χ3v) is 2.31. The molecule has 14 heavy (non-hydrogen) atoms. The van der Waals surface area contributed by atoms with Gasteiger partial charge in [0, 0.05) is 0 Å². The van der Waals surface area contributed by atoms with Crippen LogP contribution in [0.5, 0.6) is 5.75 Å². The number of hydrogen-bond acceptors (Lipinski definition) is 2. The van der Waals surface area contributed by atoms with Crippen LogP contribution in [0.3, 0.4) is 0 Å². The minimum Gasteiger partial charge on any atom is -0.489 e. The Balaban J connectivity index is 2.26. The molecule has 1 aromatic rings. The molecule has 0 atom stereocenters. The van der Waals surface area contributed by atoms with Crippen molar-refractivity contribution in [2.45, 2.75) is 18.9 Å². The Hall–Kier alpha value is -1.22. The topological polar surface area (TPSA) is 46.5 Å². The number of benzene rings is 1. The lowest BCUT2D eigenvalue weighted by molar-refractivity contribution is 0.0696. The van der Waals surface area contributed by atoms with Crippen LogP contribution >= 0.6 is 11.6 Å². The third kappa shape index (κ3) is 1.99. The Morgan fingerprint density at radius 3 is 2.79 bits per heavy atom. The molecule has 0 heterocycles. The number of aromatic carboxylic acids is 1. The van der Waals surface area contributed by atoms with E-state index in [0.717, 1.165) is 12.8 Å². The van der Waals surface area contributed by atoms with E-state index in [1.165, 1.54) is 12.1 Å². The molecule has 74 valence electrons. The van der Waals surface area contributed by atoms with Crippen molar-refractivity contribution in [3.05, 3.63) is 28.8 Å². The lowest BCUT2D eigenvalue weighted by atomic mass is 10.2. The number of carboxylic acids is 1. The highest BCUT2D eigenvalue weighted by Gasteiger charge is 2.24. The molecule has 3 nitrogen and oxygen atoms in total. The highest BCUT2D eigenvalue weighted by molar-refractivity contribution is 6.32. The number of rotatable bonds is 3. The normalized spacial score (nSPS) is 15.2. The SMILES string of the molecule is O=C(O)c1ccc(Cl)c(OC2CC2)c1. The summed E-state index contributed by atoms with van der Waals surface area (Å²) in [5, 5.41) is 9.21. The van der Waals surface area contributed by atoms with Crippen molar-refractivity contribution in [3.63, 3.8) is 0 Å². The zero-order chi connectivity index (χ0) is 10.1. The van der Waals surface area contributed by atoms with E-state index in [4.69, 9.17) is 21.4 Å². The maximum atomic E-state index is 10.7. The van der Waals surface area contributed by atoms with Crippen LogP contribution in [0.4, 0.5) is 0 Å². The van der Waals surface area contributed by atoms with Crippen LogP contribution in [0.15, 0.2) is 18.2 Å². The summed E-state index contributed by atoms with van der Waals surface area (Å²) in [5.41, 5.74) is 0.199. The zero-order valence-corrected chi connectivity index (χ0v) is 8.12. The Kier molecular flexibility index (Phi) is 2.33. The van der Waals surface area contributed by atoms with Gasteiger partial charge in [0.05, 0.1) is 16.7 Å². The fourth-order valence-corrected chi connectivity index (χ4v) is 1.25. The predicted molar refractivity (Wildman–Crippen MR) is 52.1 cm³/mol.